The molecule has 2 rings (SSSR count). The number of hydrogen-bond donors (Lipinski definition) is 1. The monoisotopic (exact) mass is 301 g/mol. The zero-order chi connectivity index (χ0) is 15.1. The van der Waals surface area contributed by atoms with Crippen molar-refractivity contribution in [2.45, 2.75) is 50.0 Å². The molecule has 0 aliphatic heterocycles. The fourth-order valence-electron chi connectivity index (χ4n) is 2.07. The van der Waals surface area contributed by atoms with E-state index in [0.29, 0.717) is 0 Å². The van der Waals surface area contributed by atoms with Crippen LogP contribution in [-0.2, 0) is 6.42 Å². The second-order valence-electron chi connectivity index (χ2n) is 5.10. The van der Waals surface area contributed by atoms with E-state index in [-0.39, 0.29) is 0 Å². The first-order valence-electron chi connectivity index (χ1n) is 7.56. The summed E-state index contributed by atoms with van der Waals surface area (Å²) in [4.78, 5) is 10.1. The molecule has 2 aromatic rings. The van der Waals surface area contributed by atoms with Gasteiger partial charge in [-0.25, -0.2) is 9.97 Å². The summed E-state index contributed by atoms with van der Waals surface area (Å²) in [6.07, 6.45) is 4.85. The topological polar surface area (TPSA) is 37.8 Å². The predicted octanol–water partition coefficient (Wildman–Crippen LogP) is 4.71. The Labute approximate surface area is 131 Å². The highest BCUT2D eigenvalue weighted by molar-refractivity contribution is 7.99. The summed E-state index contributed by atoms with van der Waals surface area (Å²) in [6.45, 7) is 7.41. The zero-order valence-electron chi connectivity index (χ0n) is 13.0. The van der Waals surface area contributed by atoms with Crippen LogP contribution in [0.3, 0.4) is 0 Å². The van der Waals surface area contributed by atoms with Crippen molar-refractivity contribution in [2.75, 3.05) is 11.9 Å². The summed E-state index contributed by atoms with van der Waals surface area (Å²) in [6, 6.07) is 8.58. The highest BCUT2D eigenvalue weighted by Crippen LogP contribution is 2.32. The highest BCUT2D eigenvalue weighted by atomic mass is 32.2. The minimum absolute atomic E-state index is 0.947. The number of aryl methyl sites for hydroxylation is 1. The molecule has 1 aromatic heterocycles. The third kappa shape index (κ3) is 4.46. The SMILES string of the molecule is CCCNc1ncnc(Sc2ccc(C)cc2)c1CCC. The fraction of sp³-hybridized carbons (Fsp3) is 0.412. The molecule has 0 bridgehead atoms. The molecular formula is C17H23N3S. The van der Waals surface area contributed by atoms with E-state index < -0.39 is 0 Å². The summed E-state index contributed by atoms with van der Waals surface area (Å²) in [5.74, 6) is 0.989. The molecule has 0 radical (unpaired) electrons. The minimum atomic E-state index is 0.947. The second-order valence-corrected chi connectivity index (χ2v) is 6.16. The van der Waals surface area contributed by atoms with Gasteiger partial charge in [-0.05, 0) is 31.9 Å². The van der Waals surface area contributed by atoms with E-state index in [4.69, 9.17) is 0 Å². The number of anilines is 1. The summed E-state index contributed by atoms with van der Waals surface area (Å²) >= 11 is 1.72. The van der Waals surface area contributed by atoms with Crippen molar-refractivity contribution in [1.29, 1.82) is 0 Å². The number of nitrogens with zero attached hydrogens (tertiary/aromatic N) is 2. The summed E-state index contributed by atoms with van der Waals surface area (Å²) in [7, 11) is 0. The van der Waals surface area contributed by atoms with Crippen LogP contribution in [0, 0.1) is 6.92 Å². The third-order valence-electron chi connectivity index (χ3n) is 3.18. The van der Waals surface area contributed by atoms with Crippen molar-refractivity contribution < 1.29 is 0 Å². The van der Waals surface area contributed by atoms with Crippen LogP contribution in [0.1, 0.15) is 37.8 Å². The van der Waals surface area contributed by atoms with Crippen LogP contribution in [0.4, 0.5) is 5.82 Å². The Balaban J connectivity index is 2.26. The summed E-state index contributed by atoms with van der Waals surface area (Å²) < 4.78 is 0. The lowest BCUT2D eigenvalue weighted by molar-refractivity contribution is 0.849. The Morgan fingerprint density at radius 3 is 2.48 bits per heavy atom. The van der Waals surface area contributed by atoms with E-state index in [2.05, 4.69) is 60.3 Å². The van der Waals surface area contributed by atoms with Crippen LogP contribution in [0.15, 0.2) is 40.5 Å². The molecule has 21 heavy (non-hydrogen) atoms. The molecule has 0 saturated heterocycles. The third-order valence-corrected chi connectivity index (χ3v) is 4.24. The van der Waals surface area contributed by atoms with Gasteiger partial charge in [-0.2, -0.15) is 0 Å². The quantitative estimate of drug-likeness (QED) is 0.752. The molecule has 0 atom stereocenters. The van der Waals surface area contributed by atoms with Crippen LogP contribution in [0.2, 0.25) is 0 Å². The number of nitrogens with one attached hydrogen (secondary N) is 1. The average molecular weight is 301 g/mol. The van der Waals surface area contributed by atoms with Crippen LogP contribution in [-0.4, -0.2) is 16.5 Å². The fourth-order valence-corrected chi connectivity index (χ4v) is 2.99. The maximum absolute atomic E-state index is 4.50. The number of aromatic nitrogens is 2. The van der Waals surface area contributed by atoms with Crippen LogP contribution < -0.4 is 5.32 Å². The van der Waals surface area contributed by atoms with Crippen molar-refractivity contribution in [3.8, 4) is 0 Å². The molecule has 0 aliphatic carbocycles. The van der Waals surface area contributed by atoms with Crippen LogP contribution in [0.25, 0.3) is 0 Å². The summed E-state index contributed by atoms with van der Waals surface area (Å²) in [5.41, 5.74) is 2.51. The largest absolute Gasteiger partial charge is 0.370 e. The van der Waals surface area contributed by atoms with Gasteiger partial charge in [0.25, 0.3) is 0 Å². The van der Waals surface area contributed by atoms with E-state index in [0.717, 1.165) is 36.7 Å². The summed E-state index contributed by atoms with van der Waals surface area (Å²) in [5, 5.41) is 4.48. The Morgan fingerprint density at radius 2 is 1.81 bits per heavy atom. The van der Waals surface area contributed by atoms with Gasteiger partial charge >= 0.3 is 0 Å². The lowest BCUT2D eigenvalue weighted by Crippen LogP contribution is -2.07. The van der Waals surface area contributed by atoms with Gasteiger partial charge in [0.05, 0.1) is 0 Å². The molecule has 0 amide bonds. The highest BCUT2D eigenvalue weighted by Gasteiger charge is 2.11. The Kier molecular flexibility index (Phi) is 6.05. The van der Waals surface area contributed by atoms with Crippen LogP contribution in [0.5, 0.6) is 0 Å². The minimum Gasteiger partial charge on any atom is -0.370 e. The molecule has 0 fully saturated rings. The normalized spacial score (nSPS) is 10.6. The first kappa shape index (κ1) is 15.8. The Bertz CT molecular complexity index is 567. The average Bonchev–Trinajstić information content (AvgIpc) is 2.50. The molecule has 0 aliphatic rings. The molecule has 0 spiro atoms. The van der Waals surface area contributed by atoms with Gasteiger partial charge in [0.2, 0.25) is 0 Å². The van der Waals surface area contributed by atoms with Gasteiger partial charge in [0, 0.05) is 17.0 Å². The number of benzene rings is 1. The van der Waals surface area contributed by atoms with Gasteiger partial charge in [-0.3, -0.25) is 0 Å². The van der Waals surface area contributed by atoms with Crippen molar-refractivity contribution in [2.24, 2.45) is 0 Å². The molecule has 3 nitrogen and oxygen atoms in total. The van der Waals surface area contributed by atoms with Gasteiger partial charge in [0.15, 0.2) is 0 Å². The van der Waals surface area contributed by atoms with Crippen molar-refractivity contribution in [1.82, 2.24) is 9.97 Å². The van der Waals surface area contributed by atoms with Gasteiger partial charge in [0.1, 0.15) is 17.2 Å². The van der Waals surface area contributed by atoms with Gasteiger partial charge < -0.3 is 5.32 Å². The Hall–Kier alpha value is -1.55. The number of hydrogen-bond acceptors (Lipinski definition) is 4. The van der Waals surface area contributed by atoms with Crippen molar-refractivity contribution in [3.05, 3.63) is 41.7 Å². The lowest BCUT2D eigenvalue weighted by Gasteiger charge is -2.13. The van der Waals surface area contributed by atoms with Crippen molar-refractivity contribution in [3.63, 3.8) is 0 Å². The molecule has 1 heterocycles. The van der Waals surface area contributed by atoms with Crippen LogP contribution >= 0.6 is 11.8 Å². The van der Waals surface area contributed by atoms with Gasteiger partial charge in [-0.15, -0.1) is 0 Å². The molecule has 0 unspecified atom stereocenters. The molecular weight excluding hydrogens is 278 g/mol. The van der Waals surface area contributed by atoms with Gasteiger partial charge in [-0.1, -0.05) is 49.7 Å². The maximum Gasteiger partial charge on any atom is 0.133 e. The molecule has 1 N–H and O–H groups in total. The molecule has 4 heteroatoms. The zero-order valence-corrected chi connectivity index (χ0v) is 13.8. The smallest absolute Gasteiger partial charge is 0.133 e. The van der Waals surface area contributed by atoms with E-state index >= 15 is 0 Å². The first-order chi connectivity index (χ1) is 10.2. The lowest BCUT2D eigenvalue weighted by atomic mass is 10.2. The number of rotatable bonds is 7. The van der Waals surface area contributed by atoms with E-state index in [1.807, 2.05) is 0 Å². The van der Waals surface area contributed by atoms with E-state index in [1.54, 1.807) is 18.1 Å². The standard InChI is InChI=1S/C17H23N3S/c1-4-6-15-16(18-11-5-2)19-12-20-17(15)21-14-9-7-13(3)8-10-14/h7-10,12H,4-6,11H2,1-3H3,(H,18,19,20). The van der Waals surface area contributed by atoms with E-state index in [1.165, 1.54) is 16.0 Å². The molecule has 1 aromatic carbocycles. The first-order valence-corrected chi connectivity index (χ1v) is 8.38. The molecule has 0 saturated carbocycles. The second kappa shape index (κ2) is 8.03. The maximum atomic E-state index is 4.50. The predicted molar refractivity (Wildman–Crippen MR) is 90.1 cm³/mol. The van der Waals surface area contributed by atoms with E-state index in [9.17, 15) is 0 Å². The molecule has 112 valence electrons. The van der Waals surface area contributed by atoms with Crippen molar-refractivity contribution >= 4 is 17.6 Å². The Morgan fingerprint density at radius 1 is 1.05 bits per heavy atom.